The highest BCUT2D eigenvalue weighted by Crippen LogP contribution is 2.44. The summed E-state index contributed by atoms with van der Waals surface area (Å²) >= 11 is 0. The van der Waals surface area contributed by atoms with Gasteiger partial charge in [0.25, 0.3) is 0 Å². The molecule has 0 radical (unpaired) electrons. The molecule has 0 unspecified atom stereocenters. The molecule has 250 valence electrons. The molecule has 0 fully saturated rings. The summed E-state index contributed by atoms with van der Waals surface area (Å²) in [6.45, 7) is 0. The van der Waals surface area contributed by atoms with Crippen LogP contribution in [0.2, 0.25) is 0 Å². The van der Waals surface area contributed by atoms with E-state index in [1.165, 1.54) is 66.4 Å². The van der Waals surface area contributed by atoms with Gasteiger partial charge in [-0.2, -0.15) is 0 Å². The first-order valence-corrected chi connectivity index (χ1v) is 18.2. The van der Waals surface area contributed by atoms with Gasteiger partial charge in [-0.25, -0.2) is 0 Å². The summed E-state index contributed by atoms with van der Waals surface area (Å²) in [6, 6.07) is 80.8. The maximum absolute atomic E-state index is 2.39. The average molecular weight is 676 g/mol. The monoisotopic (exact) mass is 675 g/mol. The summed E-state index contributed by atoms with van der Waals surface area (Å²) in [4.78, 5) is 2.39. The number of hydrogen-bond donors (Lipinski definition) is 0. The molecule has 0 aromatic heterocycles. The van der Waals surface area contributed by atoms with Gasteiger partial charge in [-0.05, 0) is 91.2 Å². The normalized spacial score (nSPS) is 11.0. The van der Waals surface area contributed by atoms with Gasteiger partial charge in [-0.15, -0.1) is 0 Å². The fourth-order valence-electron chi connectivity index (χ4n) is 7.57. The fraction of sp³-hybridized carbons (Fsp3) is 0. The zero-order valence-electron chi connectivity index (χ0n) is 29.3. The SMILES string of the molecule is c1ccc(-c2ccccc2-c2ccccc2-c2ccccc2-c2ccc(N(c3ccc4ccccc4c3)c3ccccc3-c3ccccc3)cc2)cc1. The Labute approximate surface area is 311 Å². The van der Waals surface area contributed by atoms with Crippen molar-refractivity contribution in [3.8, 4) is 55.6 Å². The fourth-order valence-corrected chi connectivity index (χ4v) is 7.57. The number of fused-ring (bicyclic) bond motifs is 1. The van der Waals surface area contributed by atoms with Crippen molar-refractivity contribution in [3.63, 3.8) is 0 Å². The molecule has 0 N–H and O–H groups in total. The Morgan fingerprint density at radius 2 is 0.604 bits per heavy atom. The second-order valence-corrected chi connectivity index (χ2v) is 13.3. The lowest BCUT2D eigenvalue weighted by molar-refractivity contribution is 1.29. The molecule has 1 nitrogen and oxygen atoms in total. The van der Waals surface area contributed by atoms with Gasteiger partial charge >= 0.3 is 0 Å². The van der Waals surface area contributed by atoms with Gasteiger partial charge in [0.2, 0.25) is 0 Å². The molecular formula is C52H37N. The molecule has 53 heavy (non-hydrogen) atoms. The van der Waals surface area contributed by atoms with Crippen molar-refractivity contribution in [2.24, 2.45) is 0 Å². The maximum atomic E-state index is 2.39. The van der Waals surface area contributed by atoms with Crippen LogP contribution in [-0.4, -0.2) is 0 Å². The lowest BCUT2D eigenvalue weighted by atomic mass is 9.87. The van der Waals surface area contributed by atoms with Crippen LogP contribution in [-0.2, 0) is 0 Å². The van der Waals surface area contributed by atoms with Gasteiger partial charge in [0, 0.05) is 16.9 Å². The van der Waals surface area contributed by atoms with E-state index in [2.05, 4.69) is 229 Å². The van der Waals surface area contributed by atoms with Crippen molar-refractivity contribution < 1.29 is 0 Å². The van der Waals surface area contributed by atoms with E-state index in [9.17, 15) is 0 Å². The third kappa shape index (κ3) is 6.30. The smallest absolute Gasteiger partial charge is 0.0540 e. The Morgan fingerprint density at radius 3 is 1.17 bits per heavy atom. The summed E-state index contributed by atoms with van der Waals surface area (Å²) in [5, 5.41) is 2.44. The van der Waals surface area contributed by atoms with Crippen molar-refractivity contribution in [1.82, 2.24) is 0 Å². The van der Waals surface area contributed by atoms with Gasteiger partial charge in [-0.1, -0.05) is 194 Å². The second-order valence-electron chi connectivity index (χ2n) is 13.3. The molecule has 0 aliphatic rings. The van der Waals surface area contributed by atoms with Crippen LogP contribution in [0.4, 0.5) is 17.1 Å². The summed E-state index contributed by atoms with van der Waals surface area (Å²) < 4.78 is 0. The van der Waals surface area contributed by atoms with Crippen molar-refractivity contribution >= 4 is 27.8 Å². The molecular weight excluding hydrogens is 639 g/mol. The molecule has 0 aliphatic carbocycles. The first kappa shape index (κ1) is 32.0. The summed E-state index contributed by atoms with van der Waals surface area (Å²) in [5.74, 6) is 0. The van der Waals surface area contributed by atoms with E-state index >= 15 is 0 Å². The predicted octanol–water partition coefficient (Wildman–Crippen LogP) is 14.6. The highest BCUT2D eigenvalue weighted by atomic mass is 15.1. The third-order valence-electron chi connectivity index (χ3n) is 10.1. The second kappa shape index (κ2) is 14.3. The van der Waals surface area contributed by atoms with E-state index < -0.39 is 0 Å². The largest absolute Gasteiger partial charge is 0.310 e. The zero-order chi connectivity index (χ0) is 35.4. The Bertz CT molecular complexity index is 2660. The molecule has 0 heterocycles. The molecule has 9 aromatic carbocycles. The Morgan fingerprint density at radius 1 is 0.226 bits per heavy atom. The minimum atomic E-state index is 1.10. The quantitative estimate of drug-likeness (QED) is 0.155. The molecule has 0 amide bonds. The van der Waals surface area contributed by atoms with Crippen molar-refractivity contribution in [2.75, 3.05) is 4.90 Å². The van der Waals surface area contributed by atoms with Crippen LogP contribution in [0.15, 0.2) is 224 Å². The zero-order valence-corrected chi connectivity index (χ0v) is 29.3. The van der Waals surface area contributed by atoms with Crippen molar-refractivity contribution in [3.05, 3.63) is 224 Å². The number of nitrogens with zero attached hydrogens (tertiary/aromatic N) is 1. The van der Waals surface area contributed by atoms with Crippen molar-refractivity contribution in [2.45, 2.75) is 0 Å². The predicted molar refractivity (Wildman–Crippen MR) is 226 cm³/mol. The molecule has 1 heteroatoms. The summed E-state index contributed by atoms with van der Waals surface area (Å²) in [6.07, 6.45) is 0. The Hall–Kier alpha value is -6.96. The van der Waals surface area contributed by atoms with Crippen LogP contribution in [0.25, 0.3) is 66.4 Å². The van der Waals surface area contributed by atoms with Crippen LogP contribution >= 0.6 is 0 Å². The number of hydrogen-bond acceptors (Lipinski definition) is 1. The third-order valence-corrected chi connectivity index (χ3v) is 10.1. The molecule has 9 aromatic rings. The van der Waals surface area contributed by atoms with Gasteiger partial charge in [0.1, 0.15) is 0 Å². The Kier molecular flexibility index (Phi) is 8.66. The number of para-hydroxylation sites is 1. The van der Waals surface area contributed by atoms with Gasteiger partial charge in [0.05, 0.1) is 5.69 Å². The molecule has 0 saturated heterocycles. The van der Waals surface area contributed by atoms with E-state index in [0.717, 1.165) is 17.1 Å². The highest BCUT2D eigenvalue weighted by molar-refractivity contribution is 5.97. The van der Waals surface area contributed by atoms with Gasteiger partial charge in [0.15, 0.2) is 0 Å². The molecule has 9 rings (SSSR count). The highest BCUT2D eigenvalue weighted by Gasteiger charge is 2.19. The van der Waals surface area contributed by atoms with E-state index in [1.807, 2.05) is 0 Å². The van der Waals surface area contributed by atoms with Crippen LogP contribution in [0.1, 0.15) is 0 Å². The van der Waals surface area contributed by atoms with Crippen LogP contribution in [0.5, 0.6) is 0 Å². The molecule has 0 bridgehead atoms. The van der Waals surface area contributed by atoms with E-state index in [-0.39, 0.29) is 0 Å². The van der Waals surface area contributed by atoms with Crippen molar-refractivity contribution in [1.29, 1.82) is 0 Å². The van der Waals surface area contributed by atoms with Crippen LogP contribution in [0.3, 0.4) is 0 Å². The topological polar surface area (TPSA) is 3.24 Å². The molecule has 0 aliphatic heterocycles. The molecule has 0 spiro atoms. The van der Waals surface area contributed by atoms with E-state index in [0.29, 0.717) is 0 Å². The maximum Gasteiger partial charge on any atom is 0.0540 e. The summed E-state index contributed by atoms with van der Waals surface area (Å²) in [7, 11) is 0. The minimum Gasteiger partial charge on any atom is -0.310 e. The van der Waals surface area contributed by atoms with E-state index in [4.69, 9.17) is 0 Å². The van der Waals surface area contributed by atoms with Crippen LogP contribution in [0, 0.1) is 0 Å². The average Bonchev–Trinajstić information content (AvgIpc) is 3.25. The lowest BCUT2D eigenvalue weighted by Crippen LogP contribution is -2.11. The number of benzene rings is 9. The Balaban J connectivity index is 1.16. The van der Waals surface area contributed by atoms with Gasteiger partial charge < -0.3 is 4.90 Å². The standard InChI is InChI=1S/C52H37N/c1-3-18-39(19-4-1)45-23-9-11-26-48(45)50-28-13-14-29-51(50)49-27-12-10-24-46(49)41-32-34-43(35-33-41)53(44-36-31-38-17-7-8-22-42(38)37-44)52-30-16-15-25-47(52)40-20-5-2-6-21-40/h1-37H. The van der Waals surface area contributed by atoms with Crippen LogP contribution < -0.4 is 4.90 Å². The molecule has 0 atom stereocenters. The van der Waals surface area contributed by atoms with E-state index in [1.54, 1.807) is 0 Å². The first-order valence-electron chi connectivity index (χ1n) is 18.2. The summed E-state index contributed by atoms with van der Waals surface area (Å²) in [5.41, 5.74) is 15.4. The number of rotatable bonds is 8. The first-order chi connectivity index (χ1) is 26.3. The minimum absolute atomic E-state index is 1.10. The number of anilines is 3. The van der Waals surface area contributed by atoms with Gasteiger partial charge in [-0.3, -0.25) is 0 Å². The molecule has 0 saturated carbocycles. The lowest BCUT2D eigenvalue weighted by Gasteiger charge is -2.28.